The molecule has 66 valence electrons. The summed E-state index contributed by atoms with van der Waals surface area (Å²) in [5.74, 6) is 0. The van der Waals surface area contributed by atoms with E-state index >= 15 is 0 Å². The van der Waals surface area contributed by atoms with Crippen LogP contribution in [-0.2, 0) is 11.2 Å². The Morgan fingerprint density at radius 3 is 2.58 bits per heavy atom. The van der Waals surface area contributed by atoms with Gasteiger partial charge in [0, 0.05) is 13.0 Å². The number of hydrogen-bond donors (Lipinski definition) is 0. The van der Waals surface area contributed by atoms with Crippen LogP contribution in [0, 0.1) is 0 Å². The van der Waals surface area contributed by atoms with Gasteiger partial charge in [0.05, 0.1) is 0 Å². The largest absolute Gasteiger partial charge is 0.367 e. The van der Waals surface area contributed by atoms with Gasteiger partial charge in [0.1, 0.15) is 5.01 Å². The van der Waals surface area contributed by atoms with Crippen LogP contribution in [-0.4, -0.2) is 11.6 Å². The van der Waals surface area contributed by atoms with E-state index in [-0.39, 0.29) is 5.01 Å². The van der Waals surface area contributed by atoms with Crippen LogP contribution in [0.3, 0.4) is 0 Å². The normalized spacial score (nSPS) is 12.8. The molecule has 0 aliphatic carbocycles. The summed E-state index contributed by atoms with van der Waals surface area (Å²) in [5.41, 5.74) is 1.30. The number of rotatable bonds is 4. The zero-order valence-electron chi connectivity index (χ0n) is 7.16. The minimum Gasteiger partial charge on any atom is -0.367 e. The molecule has 0 spiro atoms. The van der Waals surface area contributed by atoms with Gasteiger partial charge in [-0.05, 0) is 12.5 Å². The standard InChI is InChI=1S/C10H13BrO/c1-2-12-10(11)8-9-6-4-3-5-7-9/h3-7,10H,2,8H2,1H3. The first-order valence-electron chi connectivity index (χ1n) is 4.12. The fraction of sp³-hybridized carbons (Fsp3) is 0.400. The third-order valence-electron chi connectivity index (χ3n) is 1.59. The maximum Gasteiger partial charge on any atom is 0.116 e. The van der Waals surface area contributed by atoms with Gasteiger partial charge in [-0.25, -0.2) is 0 Å². The molecule has 1 aromatic carbocycles. The molecule has 1 aromatic rings. The maximum absolute atomic E-state index is 5.36. The van der Waals surface area contributed by atoms with Gasteiger partial charge >= 0.3 is 0 Å². The van der Waals surface area contributed by atoms with Crippen molar-refractivity contribution in [3.05, 3.63) is 35.9 Å². The van der Waals surface area contributed by atoms with Crippen molar-refractivity contribution < 1.29 is 4.74 Å². The Labute approximate surface area is 81.9 Å². The molecule has 0 aliphatic heterocycles. The van der Waals surface area contributed by atoms with Gasteiger partial charge in [-0.15, -0.1) is 0 Å². The number of benzene rings is 1. The number of ether oxygens (including phenoxy) is 1. The van der Waals surface area contributed by atoms with Crippen LogP contribution in [0.4, 0.5) is 0 Å². The SMILES string of the molecule is CCOC(Br)Cc1ccccc1. The van der Waals surface area contributed by atoms with E-state index in [0.29, 0.717) is 0 Å². The third-order valence-corrected chi connectivity index (χ3v) is 2.17. The van der Waals surface area contributed by atoms with E-state index < -0.39 is 0 Å². The van der Waals surface area contributed by atoms with E-state index in [1.54, 1.807) is 0 Å². The van der Waals surface area contributed by atoms with E-state index in [2.05, 4.69) is 28.1 Å². The molecule has 0 fully saturated rings. The fourth-order valence-electron chi connectivity index (χ4n) is 1.04. The molecule has 0 bridgehead atoms. The number of hydrogen-bond acceptors (Lipinski definition) is 1. The van der Waals surface area contributed by atoms with E-state index in [9.17, 15) is 0 Å². The summed E-state index contributed by atoms with van der Waals surface area (Å²) < 4.78 is 5.36. The Hall–Kier alpha value is -0.340. The first kappa shape index (κ1) is 9.75. The lowest BCUT2D eigenvalue weighted by Crippen LogP contribution is -2.07. The fourth-order valence-corrected chi connectivity index (χ4v) is 1.68. The van der Waals surface area contributed by atoms with Crippen LogP contribution in [0.25, 0.3) is 0 Å². The Balaban J connectivity index is 2.41. The van der Waals surface area contributed by atoms with Crippen LogP contribution >= 0.6 is 15.9 Å². The smallest absolute Gasteiger partial charge is 0.116 e. The molecule has 0 radical (unpaired) electrons. The van der Waals surface area contributed by atoms with Crippen molar-refractivity contribution in [3.8, 4) is 0 Å². The van der Waals surface area contributed by atoms with Crippen molar-refractivity contribution in [2.75, 3.05) is 6.61 Å². The van der Waals surface area contributed by atoms with Crippen LogP contribution < -0.4 is 0 Å². The molecule has 0 heterocycles. The van der Waals surface area contributed by atoms with Gasteiger partial charge in [-0.1, -0.05) is 46.3 Å². The van der Waals surface area contributed by atoms with Gasteiger partial charge in [-0.3, -0.25) is 0 Å². The van der Waals surface area contributed by atoms with Crippen molar-refractivity contribution in [2.24, 2.45) is 0 Å². The van der Waals surface area contributed by atoms with Crippen molar-refractivity contribution >= 4 is 15.9 Å². The van der Waals surface area contributed by atoms with Crippen molar-refractivity contribution in [2.45, 2.75) is 18.4 Å². The molecule has 0 saturated heterocycles. The average Bonchev–Trinajstić information content (AvgIpc) is 2.06. The summed E-state index contributed by atoms with van der Waals surface area (Å²) in [6, 6.07) is 10.3. The Morgan fingerprint density at radius 1 is 1.33 bits per heavy atom. The van der Waals surface area contributed by atoms with E-state index in [0.717, 1.165) is 13.0 Å². The van der Waals surface area contributed by atoms with Crippen LogP contribution in [0.5, 0.6) is 0 Å². The van der Waals surface area contributed by atoms with Crippen LogP contribution in [0.15, 0.2) is 30.3 Å². The zero-order chi connectivity index (χ0) is 8.81. The lowest BCUT2D eigenvalue weighted by Gasteiger charge is -2.08. The summed E-state index contributed by atoms with van der Waals surface area (Å²) in [6.07, 6.45) is 0.925. The summed E-state index contributed by atoms with van der Waals surface area (Å²) in [4.78, 5) is 0. The molecule has 0 aromatic heterocycles. The molecule has 12 heavy (non-hydrogen) atoms. The van der Waals surface area contributed by atoms with Gasteiger partial charge in [0.15, 0.2) is 0 Å². The van der Waals surface area contributed by atoms with Gasteiger partial charge in [0.2, 0.25) is 0 Å². The highest BCUT2D eigenvalue weighted by molar-refractivity contribution is 9.09. The molecule has 0 saturated carbocycles. The molecular formula is C10H13BrO. The highest BCUT2D eigenvalue weighted by Gasteiger charge is 2.02. The average molecular weight is 229 g/mol. The van der Waals surface area contributed by atoms with Crippen LogP contribution in [0.1, 0.15) is 12.5 Å². The monoisotopic (exact) mass is 228 g/mol. The summed E-state index contributed by atoms with van der Waals surface area (Å²) in [6.45, 7) is 2.75. The van der Waals surface area contributed by atoms with Gasteiger partial charge in [-0.2, -0.15) is 0 Å². The summed E-state index contributed by atoms with van der Waals surface area (Å²) in [7, 11) is 0. The quantitative estimate of drug-likeness (QED) is 0.721. The predicted molar refractivity (Wildman–Crippen MR) is 54.5 cm³/mol. The van der Waals surface area contributed by atoms with Gasteiger partial charge < -0.3 is 4.74 Å². The topological polar surface area (TPSA) is 9.23 Å². The second-order valence-electron chi connectivity index (χ2n) is 2.56. The highest BCUT2D eigenvalue weighted by atomic mass is 79.9. The minimum atomic E-state index is 0.143. The van der Waals surface area contributed by atoms with E-state index in [1.165, 1.54) is 5.56 Å². The summed E-state index contributed by atoms with van der Waals surface area (Å²) in [5, 5.41) is 0.143. The Kier molecular flexibility index (Phi) is 4.33. The second kappa shape index (κ2) is 5.33. The van der Waals surface area contributed by atoms with Crippen molar-refractivity contribution in [1.82, 2.24) is 0 Å². The molecule has 2 heteroatoms. The third kappa shape index (κ3) is 3.37. The molecule has 0 amide bonds. The molecular weight excluding hydrogens is 216 g/mol. The number of halogens is 1. The first-order valence-corrected chi connectivity index (χ1v) is 5.04. The van der Waals surface area contributed by atoms with Crippen LogP contribution in [0.2, 0.25) is 0 Å². The maximum atomic E-state index is 5.36. The number of alkyl halides is 1. The van der Waals surface area contributed by atoms with E-state index in [4.69, 9.17) is 4.74 Å². The summed E-state index contributed by atoms with van der Waals surface area (Å²) >= 11 is 3.45. The van der Waals surface area contributed by atoms with Crippen molar-refractivity contribution in [1.29, 1.82) is 0 Å². The molecule has 0 N–H and O–H groups in total. The van der Waals surface area contributed by atoms with Gasteiger partial charge in [0.25, 0.3) is 0 Å². The molecule has 1 nitrogen and oxygen atoms in total. The molecule has 0 aliphatic rings. The Bertz CT molecular complexity index is 210. The second-order valence-corrected chi connectivity index (χ2v) is 3.58. The van der Waals surface area contributed by atoms with E-state index in [1.807, 2.05) is 25.1 Å². The molecule has 1 unspecified atom stereocenters. The lowest BCUT2D eigenvalue weighted by molar-refractivity contribution is 0.130. The van der Waals surface area contributed by atoms with Crippen molar-refractivity contribution in [3.63, 3.8) is 0 Å². The lowest BCUT2D eigenvalue weighted by atomic mass is 10.2. The molecule has 1 atom stereocenters. The zero-order valence-corrected chi connectivity index (χ0v) is 8.75. The minimum absolute atomic E-state index is 0.143. The Morgan fingerprint density at radius 2 is 2.00 bits per heavy atom. The highest BCUT2D eigenvalue weighted by Crippen LogP contribution is 2.10. The first-order chi connectivity index (χ1) is 5.83. The molecule has 1 rings (SSSR count). The predicted octanol–water partition coefficient (Wildman–Crippen LogP) is 2.99.